The first-order valence-corrected chi connectivity index (χ1v) is 5.13. The molecule has 0 aliphatic carbocycles. The third kappa shape index (κ3) is 2.68. The van der Waals surface area contributed by atoms with Crippen molar-refractivity contribution >= 4 is 0 Å². The van der Waals surface area contributed by atoms with Gasteiger partial charge in [-0.05, 0) is 13.3 Å². The van der Waals surface area contributed by atoms with Crippen molar-refractivity contribution in [1.29, 1.82) is 5.26 Å². The van der Waals surface area contributed by atoms with Crippen molar-refractivity contribution in [3.8, 4) is 6.07 Å². The van der Waals surface area contributed by atoms with Gasteiger partial charge in [0.2, 0.25) is 0 Å². The summed E-state index contributed by atoms with van der Waals surface area (Å²) >= 11 is 0. The molecule has 0 radical (unpaired) electrons. The van der Waals surface area contributed by atoms with E-state index in [0.717, 1.165) is 19.6 Å². The van der Waals surface area contributed by atoms with E-state index in [4.69, 9.17) is 5.26 Å². The number of nitrogens with one attached hydrogen (secondary N) is 1. The quantitative estimate of drug-likeness (QED) is 0.705. The van der Waals surface area contributed by atoms with Gasteiger partial charge in [0.15, 0.2) is 0 Å². The first kappa shape index (κ1) is 10.5. The van der Waals surface area contributed by atoms with Crippen LogP contribution in [0.5, 0.6) is 0 Å². The third-order valence-electron chi connectivity index (χ3n) is 2.88. The molecule has 1 saturated heterocycles. The smallest absolute Gasteiger partial charge is 0.0638 e. The zero-order chi connectivity index (χ0) is 9.68. The zero-order valence-electron chi connectivity index (χ0n) is 8.58. The molecule has 0 aromatic rings. The van der Waals surface area contributed by atoms with Crippen molar-refractivity contribution in [2.45, 2.75) is 38.8 Å². The van der Waals surface area contributed by atoms with E-state index in [2.05, 4.69) is 30.1 Å². The number of rotatable bonds is 3. The molecule has 13 heavy (non-hydrogen) atoms. The molecule has 2 atom stereocenters. The second-order valence-electron chi connectivity index (χ2n) is 3.72. The Kier molecular flexibility index (Phi) is 4.20. The lowest BCUT2D eigenvalue weighted by molar-refractivity contribution is 0.114. The predicted molar refractivity (Wildman–Crippen MR) is 53.3 cm³/mol. The van der Waals surface area contributed by atoms with Crippen molar-refractivity contribution in [2.75, 3.05) is 19.6 Å². The summed E-state index contributed by atoms with van der Waals surface area (Å²) in [4.78, 5) is 2.46. The normalized spacial score (nSPS) is 26.7. The molecule has 3 heteroatoms. The topological polar surface area (TPSA) is 39.1 Å². The van der Waals surface area contributed by atoms with Gasteiger partial charge in [-0.2, -0.15) is 5.26 Å². The Balaban J connectivity index is 2.51. The minimum Gasteiger partial charge on any atom is -0.314 e. The van der Waals surface area contributed by atoms with Gasteiger partial charge in [-0.15, -0.1) is 0 Å². The molecule has 1 N–H and O–H groups in total. The molecule has 1 aliphatic rings. The lowest BCUT2D eigenvalue weighted by Crippen LogP contribution is -2.54. The summed E-state index contributed by atoms with van der Waals surface area (Å²) in [5.74, 6) is 0. The molecule has 1 fully saturated rings. The highest BCUT2D eigenvalue weighted by Crippen LogP contribution is 2.13. The number of hydrogen-bond acceptors (Lipinski definition) is 3. The molecular weight excluding hydrogens is 162 g/mol. The van der Waals surface area contributed by atoms with E-state index in [9.17, 15) is 0 Å². The fraction of sp³-hybridized carbons (Fsp3) is 0.900. The standard InChI is InChI=1S/C10H19N3/c1-3-9(2)13-7-6-12-8-10(13)4-5-11/h9-10,12H,3-4,6-8H2,1-2H3. The van der Waals surface area contributed by atoms with E-state index in [1.54, 1.807) is 0 Å². The van der Waals surface area contributed by atoms with Crippen LogP contribution in [-0.4, -0.2) is 36.6 Å². The minimum absolute atomic E-state index is 0.425. The monoisotopic (exact) mass is 181 g/mol. The summed E-state index contributed by atoms with van der Waals surface area (Å²) in [5, 5.41) is 12.0. The fourth-order valence-corrected chi connectivity index (χ4v) is 1.89. The van der Waals surface area contributed by atoms with E-state index >= 15 is 0 Å². The predicted octanol–water partition coefficient (Wildman–Crippen LogP) is 0.972. The van der Waals surface area contributed by atoms with Gasteiger partial charge < -0.3 is 5.32 Å². The van der Waals surface area contributed by atoms with Crippen molar-refractivity contribution < 1.29 is 0 Å². The maximum Gasteiger partial charge on any atom is 0.0638 e. The zero-order valence-corrected chi connectivity index (χ0v) is 8.58. The van der Waals surface area contributed by atoms with Gasteiger partial charge in [0.1, 0.15) is 0 Å². The first-order chi connectivity index (χ1) is 6.29. The Labute approximate surface area is 80.7 Å². The molecule has 0 aromatic heterocycles. The average molecular weight is 181 g/mol. The molecule has 3 nitrogen and oxygen atoms in total. The minimum atomic E-state index is 0.425. The van der Waals surface area contributed by atoms with E-state index < -0.39 is 0 Å². The number of nitrogens with zero attached hydrogens (tertiary/aromatic N) is 2. The lowest BCUT2D eigenvalue weighted by atomic mass is 10.1. The van der Waals surface area contributed by atoms with Gasteiger partial charge in [-0.25, -0.2) is 0 Å². The summed E-state index contributed by atoms with van der Waals surface area (Å²) in [6.07, 6.45) is 1.82. The Bertz CT molecular complexity index is 185. The van der Waals surface area contributed by atoms with E-state index in [1.807, 2.05) is 0 Å². The molecule has 0 bridgehead atoms. The second kappa shape index (κ2) is 5.21. The molecule has 0 spiro atoms. The number of piperazine rings is 1. The molecular formula is C10H19N3. The molecule has 1 aliphatic heterocycles. The maximum absolute atomic E-state index is 8.69. The second-order valence-corrected chi connectivity index (χ2v) is 3.72. The van der Waals surface area contributed by atoms with Gasteiger partial charge in [0, 0.05) is 31.7 Å². The largest absolute Gasteiger partial charge is 0.314 e. The number of hydrogen-bond donors (Lipinski definition) is 1. The summed E-state index contributed by atoms with van der Waals surface area (Å²) in [6.45, 7) is 7.57. The highest BCUT2D eigenvalue weighted by Gasteiger charge is 2.24. The van der Waals surface area contributed by atoms with Crippen LogP contribution in [0, 0.1) is 11.3 Å². The van der Waals surface area contributed by atoms with Gasteiger partial charge >= 0.3 is 0 Å². The van der Waals surface area contributed by atoms with Crippen LogP contribution in [-0.2, 0) is 0 Å². The molecule has 1 heterocycles. The van der Waals surface area contributed by atoms with E-state index in [0.29, 0.717) is 18.5 Å². The molecule has 0 saturated carbocycles. The van der Waals surface area contributed by atoms with Crippen LogP contribution in [0.15, 0.2) is 0 Å². The Morgan fingerprint density at radius 1 is 1.69 bits per heavy atom. The molecule has 0 amide bonds. The summed E-state index contributed by atoms with van der Waals surface area (Å²) in [5.41, 5.74) is 0. The van der Waals surface area contributed by atoms with Crippen LogP contribution in [0.4, 0.5) is 0 Å². The SMILES string of the molecule is CCC(C)N1CCNCC1CC#N. The van der Waals surface area contributed by atoms with Gasteiger partial charge in [0.25, 0.3) is 0 Å². The van der Waals surface area contributed by atoms with E-state index in [-0.39, 0.29) is 0 Å². The van der Waals surface area contributed by atoms with Crippen molar-refractivity contribution in [3.05, 3.63) is 0 Å². The van der Waals surface area contributed by atoms with Crippen molar-refractivity contribution in [3.63, 3.8) is 0 Å². The van der Waals surface area contributed by atoms with Crippen molar-refractivity contribution in [1.82, 2.24) is 10.2 Å². The van der Waals surface area contributed by atoms with Crippen LogP contribution >= 0.6 is 0 Å². The number of nitriles is 1. The Morgan fingerprint density at radius 2 is 2.46 bits per heavy atom. The highest BCUT2D eigenvalue weighted by molar-refractivity contribution is 4.89. The molecule has 2 unspecified atom stereocenters. The molecule has 0 aromatic carbocycles. The first-order valence-electron chi connectivity index (χ1n) is 5.13. The van der Waals surface area contributed by atoms with E-state index in [1.165, 1.54) is 6.42 Å². The van der Waals surface area contributed by atoms with Gasteiger partial charge in [0.05, 0.1) is 12.5 Å². The van der Waals surface area contributed by atoms with Crippen LogP contribution in [0.2, 0.25) is 0 Å². The van der Waals surface area contributed by atoms with Crippen LogP contribution in [0.25, 0.3) is 0 Å². The van der Waals surface area contributed by atoms with Crippen LogP contribution < -0.4 is 5.32 Å². The summed E-state index contributed by atoms with van der Waals surface area (Å²) in [7, 11) is 0. The Morgan fingerprint density at radius 3 is 3.08 bits per heavy atom. The fourth-order valence-electron chi connectivity index (χ4n) is 1.89. The highest BCUT2D eigenvalue weighted by atomic mass is 15.2. The van der Waals surface area contributed by atoms with Crippen LogP contribution in [0.3, 0.4) is 0 Å². The Hall–Kier alpha value is -0.590. The lowest BCUT2D eigenvalue weighted by Gasteiger charge is -2.39. The summed E-state index contributed by atoms with van der Waals surface area (Å²) in [6, 6.07) is 3.30. The van der Waals surface area contributed by atoms with Gasteiger partial charge in [-0.3, -0.25) is 4.90 Å². The maximum atomic E-state index is 8.69. The van der Waals surface area contributed by atoms with Crippen molar-refractivity contribution in [2.24, 2.45) is 0 Å². The molecule has 74 valence electrons. The molecule has 1 rings (SSSR count). The summed E-state index contributed by atoms with van der Waals surface area (Å²) < 4.78 is 0. The van der Waals surface area contributed by atoms with Gasteiger partial charge in [-0.1, -0.05) is 6.92 Å². The van der Waals surface area contributed by atoms with Crippen LogP contribution in [0.1, 0.15) is 26.7 Å². The third-order valence-corrected chi connectivity index (χ3v) is 2.88. The average Bonchev–Trinajstić information content (AvgIpc) is 2.18.